The van der Waals surface area contributed by atoms with E-state index in [9.17, 15) is 47.6 Å². The van der Waals surface area contributed by atoms with E-state index in [-0.39, 0.29) is 62.7 Å². The van der Waals surface area contributed by atoms with Crippen LogP contribution >= 0.6 is 30.4 Å². The van der Waals surface area contributed by atoms with Crippen LogP contribution in [0, 0.1) is 0 Å². The standard InChI is InChI=1S/2C7H10O6P2.3Cu/c2*8-14(9,10)6-15(11,12)13-7-4-2-1-3-5-7;;;/h2*1-5H,6H2,(H,11,12)(H2,8,9,10);;;/q;;3*+2/p-6. The van der Waals surface area contributed by atoms with Gasteiger partial charge in [-0.25, -0.2) is 0 Å². The van der Waals surface area contributed by atoms with Crippen molar-refractivity contribution in [3.05, 3.63) is 60.7 Å². The van der Waals surface area contributed by atoms with Crippen LogP contribution in [0.3, 0.4) is 0 Å². The third-order valence-electron chi connectivity index (χ3n) is 2.67. The average Bonchev–Trinajstić information content (AvgIpc) is 2.51. The minimum Gasteiger partial charge on any atom is -0.810 e. The van der Waals surface area contributed by atoms with Crippen LogP contribution in [0.4, 0.5) is 0 Å². The molecular formula is C14H14Cu3O12P4. The molecule has 0 fully saturated rings. The van der Waals surface area contributed by atoms with Crippen molar-refractivity contribution in [1.29, 1.82) is 0 Å². The fourth-order valence-electron chi connectivity index (χ4n) is 1.77. The Morgan fingerprint density at radius 2 is 0.758 bits per heavy atom. The molecule has 0 aliphatic heterocycles. The minimum atomic E-state index is -5.12. The zero-order valence-corrected chi connectivity index (χ0v) is 22.2. The van der Waals surface area contributed by atoms with Crippen LogP contribution in [0.5, 0.6) is 11.5 Å². The number of para-hydroxylation sites is 2. The van der Waals surface area contributed by atoms with Crippen LogP contribution in [0.25, 0.3) is 0 Å². The fraction of sp³-hybridized carbons (Fsp3) is 0.143. The van der Waals surface area contributed by atoms with E-state index in [1.54, 1.807) is 12.1 Å². The maximum absolute atomic E-state index is 11.0. The first-order chi connectivity index (χ1) is 13.6. The zero-order chi connectivity index (χ0) is 23.1. The molecule has 2 rings (SSSR count). The van der Waals surface area contributed by atoms with Crippen LogP contribution in [0.15, 0.2) is 60.7 Å². The van der Waals surface area contributed by atoms with Crippen LogP contribution in [0.1, 0.15) is 0 Å². The summed E-state index contributed by atoms with van der Waals surface area (Å²) in [5, 5.41) is 0. The molecule has 19 heteroatoms. The topological polar surface area (TPSA) is 225 Å². The van der Waals surface area contributed by atoms with Crippen LogP contribution < -0.4 is 38.4 Å². The van der Waals surface area contributed by atoms with Crippen LogP contribution in [-0.4, -0.2) is 11.8 Å². The molecule has 195 valence electrons. The first-order valence-corrected chi connectivity index (χ1v) is 14.6. The molecule has 2 aromatic carbocycles. The van der Waals surface area contributed by atoms with Crippen LogP contribution in [0.2, 0.25) is 0 Å². The summed E-state index contributed by atoms with van der Waals surface area (Å²) in [5.74, 6) is -3.09. The monoisotopic (exact) mass is 687 g/mol. The van der Waals surface area contributed by atoms with Crippen molar-refractivity contribution in [3.63, 3.8) is 0 Å². The van der Waals surface area contributed by atoms with Gasteiger partial charge in [-0.2, -0.15) is 0 Å². The molecule has 2 atom stereocenters. The van der Waals surface area contributed by atoms with Gasteiger partial charge in [-0.15, -0.1) is 0 Å². The number of hydrogen-bond acceptors (Lipinski definition) is 12. The Labute approximate surface area is 221 Å². The molecule has 33 heavy (non-hydrogen) atoms. The van der Waals surface area contributed by atoms with Gasteiger partial charge in [-0.1, -0.05) is 51.6 Å². The molecule has 0 bridgehead atoms. The van der Waals surface area contributed by atoms with E-state index in [1.807, 2.05) is 0 Å². The number of rotatable bonds is 8. The van der Waals surface area contributed by atoms with Gasteiger partial charge in [-0.05, 0) is 24.3 Å². The van der Waals surface area contributed by atoms with E-state index in [4.69, 9.17) is 0 Å². The molecule has 0 amide bonds. The van der Waals surface area contributed by atoms with Gasteiger partial charge < -0.3 is 47.5 Å². The quantitative estimate of drug-likeness (QED) is 0.240. The Morgan fingerprint density at radius 1 is 0.515 bits per heavy atom. The third-order valence-corrected chi connectivity index (χ3v) is 9.19. The third kappa shape index (κ3) is 20.2. The van der Waals surface area contributed by atoms with Gasteiger partial charge in [0.2, 0.25) is 0 Å². The van der Waals surface area contributed by atoms with E-state index in [1.165, 1.54) is 48.5 Å². The Balaban J connectivity index is -0.000000500. The summed E-state index contributed by atoms with van der Waals surface area (Å²) >= 11 is 0. The summed E-state index contributed by atoms with van der Waals surface area (Å²) in [7, 11) is -19.6. The Morgan fingerprint density at radius 3 is 0.970 bits per heavy atom. The maximum atomic E-state index is 11.0. The number of hydrogen-bond donors (Lipinski definition) is 0. The van der Waals surface area contributed by atoms with E-state index in [0.717, 1.165) is 0 Å². The van der Waals surface area contributed by atoms with Gasteiger partial charge in [0.25, 0.3) is 0 Å². The second-order valence-corrected chi connectivity index (χ2v) is 13.1. The minimum absolute atomic E-state index is 0. The van der Waals surface area contributed by atoms with E-state index in [0.29, 0.717) is 0 Å². The predicted octanol–water partition coefficient (Wildman–Crippen LogP) is -1.03. The second-order valence-electron chi connectivity index (χ2n) is 5.54. The van der Waals surface area contributed by atoms with Crippen molar-refractivity contribution in [2.45, 2.75) is 0 Å². The largest absolute Gasteiger partial charge is 2.00 e. The molecule has 0 aliphatic rings. The van der Waals surface area contributed by atoms with Gasteiger partial charge in [0.1, 0.15) is 11.5 Å². The molecule has 12 nitrogen and oxygen atoms in total. The summed E-state index contributed by atoms with van der Waals surface area (Å²) in [6, 6.07) is 14.7. The summed E-state index contributed by atoms with van der Waals surface area (Å²) in [6.07, 6.45) is 0. The Hall–Kier alpha value is 0.278. The van der Waals surface area contributed by atoms with Crippen molar-refractivity contribution in [2.75, 3.05) is 11.8 Å². The predicted molar refractivity (Wildman–Crippen MR) is 94.3 cm³/mol. The normalized spacial score (nSPS) is 14.2. The van der Waals surface area contributed by atoms with Crippen molar-refractivity contribution in [2.24, 2.45) is 0 Å². The van der Waals surface area contributed by atoms with E-state index < -0.39 is 42.2 Å². The molecule has 0 N–H and O–H groups in total. The summed E-state index contributed by atoms with van der Waals surface area (Å²) in [4.78, 5) is 63.1. The Kier molecular flexibility index (Phi) is 18.5. The molecule has 0 heterocycles. The molecule has 2 aromatic rings. The van der Waals surface area contributed by atoms with Gasteiger partial charge >= 0.3 is 51.2 Å². The van der Waals surface area contributed by atoms with Crippen molar-refractivity contribution >= 4 is 30.4 Å². The van der Waals surface area contributed by atoms with Gasteiger partial charge in [0.15, 0.2) is 15.2 Å². The van der Waals surface area contributed by atoms with Crippen molar-refractivity contribution in [3.8, 4) is 11.5 Å². The Bertz CT molecular complexity index is 918. The average molecular weight is 689 g/mol. The molecular weight excluding hydrogens is 675 g/mol. The summed E-state index contributed by atoms with van der Waals surface area (Å²) in [6.45, 7) is 0. The van der Waals surface area contributed by atoms with Gasteiger partial charge in [0.05, 0.1) is 11.8 Å². The molecule has 3 radical (unpaired) electrons. The first-order valence-electron chi connectivity index (χ1n) is 7.69. The fourth-order valence-corrected chi connectivity index (χ4v) is 6.51. The number of benzene rings is 2. The second kappa shape index (κ2) is 16.1. The SMILES string of the molecule is O=P([O-])([O-])CP(=O)([O-])Oc1ccccc1.O=P([O-])([O-])CP(=O)([O-])Oc1ccccc1.[Cu+2].[Cu+2].[Cu+2]. The van der Waals surface area contributed by atoms with Crippen molar-refractivity contribution < 1.29 is 108 Å². The maximum Gasteiger partial charge on any atom is 2.00 e. The zero-order valence-electron chi connectivity index (χ0n) is 15.8. The van der Waals surface area contributed by atoms with Crippen LogP contribution in [-0.2, 0) is 69.5 Å². The molecule has 0 spiro atoms. The van der Waals surface area contributed by atoms with Gasteiger partial charge in [-0.3, -0.25) is 9.13 Å². The van der Waals surface area contributed by atoms with Gasteiger partial charge in [0, 0.05) is 0 Å². The molecule has 0 saturated carbocycles. The molecule has 0 saturated heterocycles. The molecule has 0 aliphatic carbocycles. The summed E-state index contributed by atoms with van der Waals surface area (Å²) < 4.78 is 51.4. The first kappa shape index (κ1) is 37.8. The van der Waals surface area contributed by atoms with Crippen molar-refractivity contribution in [1.82, 2.24) is 0 Å². The molecule has 0 aromatic heterocycles. The van der Waals surface area contributed by atoms with E-state index >= 15 is 0 Å². The molecule has 2 unspecified atom stereocenters. The summed E-state index contributed by atoms with van der Waals surface area (Å²) in [5.41, 5.74) is 0. The smallest absolute Gasteiger partial charge is 0.810 e. The van der Waals surface area contributed by atoms with E-state index in [2.05, 4.69) is 9.05 Å².